The molecule has 0 unspecified atom stereocenters. The van der Waals surface area contributed by atoms with Crippen molar-refractivity contribution < 1.29 is 9.90 Å². The van der Waals surface area contributed by atoms with Crippen LogP contribution in [0.15, 0.2) is 9.95 Å². The maximum Gasteiger partial charge on any atom is 0.304 e. The molecule has 0 saturated carbocycles. The number of hydrogen-bond donors (Lipinski definition) is 2. The summed E-state index contributed by atoms with van der Waals surface area (Å²) in [7, 11) is 0. The van der Waals surface area contributed by atoms with Crippen molar-refractivity contribution in [2.45, 2.75) is 37.3 Å². The molecule has 0 aromatic carbocycles. The Morgan fingerprint density at radius 3 is 2.94 bits per heavy atom. The molecular weight excluding hydrogens is 240 g/mol. The number of carbonyl (C=O) groups is 1. The van der Waals surface area contributed by atoms with Crippen LogP contribution in [0.1, 0.15) is 30.5 Å². The molecule has 0 atom stereocenters. The zero-order chi connectivity index (χ0) is 12.3. The van der Waals surface area contributed by atoms with Gasteiger partial charge in [-0.2, -0.15) is 0 Å². The molecule has 5 nitrogen and oxygen atoms in total. The molecule has 92 valence electrons. The highest BCUT2D eigenvalue weighted by atomic mass is 32.2. The lowest BCUT2D eigenvalue weighted by Gasteiger charge is -2.14. The van der Waals surface area contributed by atoms with Gasteiger partial charge < -0.3 is 10.1 Å². The molecule has 1 aromatic rings. The highest BCUT2D eigenvalue weighted by molar-refractivity contribution is 7.99. The first kappa shape index (κ1) is 12.2. The molecule has 0 radical (unpaired) electrons. The number of aromatic amines is 1. The molecule has 6 heteroatoms. The number of carboxylic acid groups (broad SMARTS) is 1. The van der Waals surface area contributed by atoms with Gasteiger partial charge in [0.2, 0.25) is 0 Å². The van der Waals surface area contributed by atoms with Crippen molar-refractivity contribution in [3.63, 3.8) is 0 Å². The summed E-state index contributed by atoms with van der Waals surface area (Å²) in [5, 5.41) is 9.07. The number of H-pyrrole nitrogens is 1. The van der Waals surface area contributed by atoms with E-state index in [0.717, 1.165) is 36.9 Å². The third kappa shape index (κ3) is 3.09. The summed E-state index contributed by atoms with van der Waals surface area (Å²) >= 11 is 1.29. The number of rotatable bonds is 4. The van der Waals surface area contributed by atoms with Crippen molar-refractivity contribution in [1.29, 1.82) is 0 Å². The predicted molar refractivity (Wildman–Crippen MR) is 64.5 cm³/mol. The smallest absolute Gasteiger partial charge is 0.304 e. The van der Waals surface area contributed by atoms with E-state index in [2.05, 4.69) is 9.97 Å². The molecule has 0 saturated heterocycles. The number of thioether (sulfide) groups is 1. The number of fused-ring (bicyclic) bond motifs is 1. The minimum Gasteiger partial charge on any atom is -0.481 e. The first-order chi connectivity index (χ1) is 8.16. The van der Waals surface area contributed by atoms with Crippen molar-refractivity contribution in [1.82, 2.24) is 9.97 Å². The SMILES string of the molecule is O=C(O)CCSc1nc2c(c(=O)[nH]1)CCCC2. The van der Waals surface area contributed by atoms with Crippen LogP contribution in [0, 0.1) is 0 Å². The normalized spacial score (nSPS) is 14.4. The molecule has 1 aromatic heterocycles. The number of aromatic nitrogens is 2. The fraction of sp³-hybridized carbons (Fsp3) is 0.545. The van der Waals surface area contributed by atoms with Gasteiger partial charge in [-0.15, -0.1) is 0 Å². The van der Waals surface area contributed by atoms with Gasteiger partial charge in [0.1, 0.15) is 0 Å². The van der Waals surface area contributed by atoms with Crippen LogP contribution in [-0.4, -0.2) is 26.8 Å². The van der Waals surface area contributed by atoms with E-state index in [1.165, 1.54) is 11.8 Å². The van der Waals surface area contributed by atoms with Crippen LogP contribution in [0.3, 0.4) is 0 Å². The number of carboxylic acids is 1. The molecule has 17 heavy (non-hydrogen) atoms. The van der Waals surface area contributed by atoms with Crippen LogP contribution in [0.25, 0.3) is 0 Å². The molecule has 2 rings (SSSR count). The van der Waals surface area contributed by atoms with Crippen LogP contribution in [0.5, 0.6) is 0 Å². The van der Waals surface area contributed by atoms with Gasteiger partial charge in [-0.3, -0.25) is 9.59 Å². The van der Waals surface area contributed by atoms with Crippen LogP contribution < -0.4 is 5.56 Å². The zero-order valence-electron chi connectivity index (χ0n) is 9.36. The van der Waals surface area contributed by atoms with E-state index >= 15 is 0 Å². The summed E-state index contributed by atoms with van der Waals surface area (Å²) in [6, 6.07) is 0. The second-order valence-corrected chi connectivity index (χ2v) is 5.08. The first-order valence-corrected chi connectivity index (χ1v) is 6.62. The average Bonchev–Trinajstić information content (AvgIpc) is 2.28. The third-order valence-corrected chi connectivity index (χ3v) is 3.60. The van der Waals surface area contributed by atoms with Crippen molar-refractivity contribution >= 4 is 17.7 Å². The minimum absolute atomic E-state index is 0.0625. The summed E-state index contributed by atoms with van der Waals surface area (Å²) in [4.78, 5) is 29.2. The first-order valence-electron chi connectivity index (χ1n) is 5.63. The van der Waals surface area contributed by atoms with Crippen LogP contribution in [0.2, 0.25) is 0 Å². The number of aryl methyl sites for hydroxylation is 1. The van der Waals surface area contributed by atoms with Crippen LogP contribution in [-0.2, 0) is 17.6 Å². The largest absolute Gasteiger partial charge is 0.481 e. The quantitative estimate of drug-likeness (QED) is 0.623. The van der Waals surface area contributed by atoms with Crippen LogP contribution >= 0.6 is 11.8 Å². The molecular formula is C11H14N2O3S. The van der Waals surface area contributed by atoms with E-state index in [1.54, 1.807) is 0 Å². The molecule has 1 aliphatic carbocycles. The lowest BCUT2D eigenvalue weighted by Crippen LogP contribution is -2.21. The molecule has 2 N–H and O–H groups in total. The van der Waals surface area contributed by atoms with Crippen molar-refractivity contribution in [3.8, 4) is 0 Å². The van der Waals surface area contributed by atoms with Crippen molar-refractivity contribution in [2.75, 3.05) is 5.75 Å². The Labute approximate surface area is 103 Å². The van der Waals surface area contributed by atoms with Gasteiger partial charge in [0.15, 0.2) is 5.16 Å². The second kappa shape index (κ2) is 5.35. The standard InChI is InChI=1S/C11H14N2O3S/c14-9(15)5-6-17-11-12-8-4-2-1-3-7(8)10(16)13-11/h1-6H2,(H,14,15)(H,12,13,16). The second-order valence-electron chi connectivity index (χ2n) is 4.00. The number of nitrogens with zero attached hydrogens (tertiary/aromatic N) is 1. The lowest BCUT2D eigenvalue weighted by molar-refractivity contribution is -0.136. The number of hydrogen-bond acceptors (Lipinski definition) is 4. The van der Waals surface area contributed by atoms with E-state index in [0.29, 0.717) is 10.9 Å². The zero-order valence-corrected chi connectivity index (χ0v) is 10.2. The summed E-state index contributed by atoms with van der Waals surface area (Å²) in [5.74, 6) is -0.408. The molecule has 0 spiro atoms. The Balaban J connectivity index is 2.11. The molecule has 0 aliphatic heterocycles. The molecule has 0 fully saturated rings. The summed E-state index contributed by atoms with van der Waals surface area (Å²) in [6.07, 6.45) is 3.85. The summed E-state index contributed by atoms with van der Waals surface area (Å²) < 4.78 is 0. The van der Waals surface area contributed by atoms with E-state index < -0.39 is 5.97 Å². The Bertz CT molecular complexity index is 484. The molecule has 1 aliphatic rings. The van der Waals surface area contributed by atoms with Gasteiger partial charge in [-0.05, 0) is 25.7 Å². The van der Waals surface area contributed by atoms with Crippen molar-refractivity contribution in [3.05, 3.63) is 21.6 Å². The number of aliphatic carboxylic acids is 1. The summed E-state index contributed by atoms with van der Waals surface area (Å²) in [6.45, 7) is 0. The topological polar surface area (TPSA) is 83.0 Å². The number of nitrogens with one attached hydrogen (secondary N) is 1. The Morgan fingerprint density at radius 1 is 1.41 bits per heavy atom. The maximum atomic E-state index is 11.8. The molecule has 1 heterocycles. The molecule has 0 bridgehead atoms. The van der Waals surface area contributed by atoms with Gasteiger partial charge in [0, 0.05) is 11.3 Å². The Morgan fingerprint density at radius 2 is 2.18 bits per heavy atom. The fourth-order valence-corrected chi connectivity index (χ4v) is 2.69. The van der Waals surface area contributed by atoms with Gasteiger partial charge >= 0.3 is 5.97 Å². The highest BCUT2D eigenvalue weighted by Gasteiger charge is 2.15. The van der Waals surface area contributed by atoms with Gasteiger partial charge in [-0.25, -0.2) is 4.98 Å². The van der Waals surface area contributed by atoms with Crippen LogP contribution in [0.4, 0.5) is 0 Å². The van der Waals surface area contributed by atoms with Gasteiger partial charge in [0.05, 0.1) is 12.1 Å². The Hall–Kier alpha value is -1.30. The third-order valence-electron chi connectivity index (χ3n) is 2.72. The van der Waals surface area contributed by atoms with Gasteiger partial charge in [-0.1, -0.05) is 11.8 Å². The molecule has 0 amide bonds. The Kier molecular flexibility index (Phi) is 3.83. The van der Waals surface area contributed by atoms with E-state index in [1.807, 2.05) is 0 Å². The minimum atomic E-state index is -0.835. The average molecular weight is 254 g/mol. The monoisotopic (exact) mass is 254 g/mol. The van der Waals surface area contributed by atoms with E-state index in [-0.39, 0.29) is 12.0 Å². The predicted octanol–water partition coefficient (Wildman–Crippen LogP) is 1.22. The van der Waals surface area contributed by atoms with Crippen molar-refractivity contribution in [2.24, 2.45) is 0 Å². The van der Waals surface area contributed by atoms with E-state index in [4.69, 9.17) is 5.11 Å². The fourth-order valence-electron chi connectivity index (χ4n) is 1.88. The van der Waals surface area contributed by atoms with E-state index in [9.17, 15) is 9.59 Å². The maximum absolute atomic E-state index is 11.8. The summed E-state index contributed by atoms with van der Waals surface area (Å²) in [5.41, 5.74) is 1.63. The highest BCUT2D eigenvalue weighted by Crippen LogP contribution is 2.19. The lowest BCUT2D eigenvalue weighted by atomic mass is 9.97. The van der Waals surface area contributed by atoms with Gasteiger partial charge in [0.25, 0.3) is 5.56 Å².